The lowest BCUT2D eigenvalue weighted by atomic mass is 9.98. The molecule has 1 aromatic rings. The minimum Gasteiger partial charge on any atom is -0.497 e. The van der Waals surface area contributed by atoms with Crippen LogP contribution < -0.4 is 9.47 Å². The molecule has 204 valence electrons. The first-order valence-corrected chi connectivity index (χ1v) is 13.7. The van der Waals surface area contributed by atoms with Crippen LogP contribution in [0.15, 0.2) is 12.1 Å². The number of likely N-dealkylation sites (N-methyl/N-ethyl adjacent to an activating group) is 1. The number of hydrogen-bond acceptors (Lipinski definition) is 7. The van der Waals surface area contributed by atoms with Gasteiger partial charge in [0.1, 0.15) is 29.7 Å². The first-order chi connectivity index (χ1) is 17.9. The standard InChI is InChI=1S/C28H41N3O6/c1-29-25(32)19-31(28(29)34)20-12-15-30(16-13-20)14-10-8-6-4-5-7-9-11-23-22-17-21(35-2)18-24(36-3)26(22)27(33)37-23/h17-18,20,23H,4-16,19H2,1-3H3/t23-/m1/s1. The van der Waals surface area contributed by atoms with Gasteiger partial charge < -0.3 is 24.0 Å². The van der Waals surface area contributed by atoms with Gasteiger partial charge in [0, 0.05) is 37.8 Å². The molecule has 2 fully saturated rings. The van der Waals surface area contributed by atoms with Crippen LogP contribution in [0.2, 0.25) is 0 Å². The van der Waals surface area contributed by atoms with E-state index in [1.165, 1.54) is 37.0 Å². The van der Waals surface area contributed by atoms with Crippen LogP contribution in [0, 0.1) is 0 Å². The molecular weight excluding hydrogens is 474 g/mol. The Morgan fingerprint density at radius 2 is 1.59 bits per heavy atom. The Morgan fingerprint density at radius 1 is 0.919 bits per heavy atom. The number of esters is 1. The number of ether oxygens (including phenoxy) is 3. The summed E-state index contributed by atoms with van der Waals surface area (Å²) in [6.07, 6.45) is 10.7. The minimum atomic E-state index is -0.309. The molecule has 9 nitrogen and oxygen atoms in total. The summed E-state index contributed by atoms with van der Waals surface area (Å²) in [5.41, 5.74) is 1.41. The molecule has 0 spiro atoms. The zero-order valence-electron chi connectivity index (χ0n) is 22.5. The zero-order valence-corrected chi connectivity index (χ0v) is 22.5. The molecule has 3 aliphatic heterocycles. The number of cyclic esters (lactones) is 1. The van der Waals surface area contributed by atoms with Crippen LogP contribution >= 0.6 is 0 Å². The number of rotatable bonds is 13. The molecular formula is C28H41N3O6. The summed E-state index contributed by atoms with van der Waals surface area (Å²) in [6, 6.07) is 3.67. The van der Waals surface area contributed by atoms with E-state index in [0.29, 0.717) is 17.1 Å². The lowest BCUT2D eigenvalue weighted by molar-refractivity contribution is -0.124. The van der Waals surface area contributed by atoms with Gasteiger partial charge in [-0.3, -0.25) is 9.69 Å². The molecule has 0 saturated carbocycles. The van der Waals surface area contributed by atoms with Gasteiger partial charge in [-0.2, -0.15) is 0 Å². The van der Waals surface area contributed by atoms with E-state index in [-0.39, 0.29) is 36.6 Å². The molecule has 37 heavy (non-hydrogen) atoms. The molecule has 1 atom stereocenters. The molecule has 9 heteroatoms. The van der Waals surface area contributed by atoms with Crippen molar-refractivity contribution >= 4 is 17.9 Å². The van der Waals surface area contributed by atoms with Crippen LogP contribution in [-0.2, 0) is 9.53 Å². The van der Waals surface area contributed by atoms with Crippen molar-refractivity contribution < 1.29 is 28.6 Å². The molecule has 2 saturated heterocycles. The van der Waals surface area contributed by atoms with E-state index in [1.54, 1.807) is 32.2 Å². The predicted molar refractivity (Wildman–Crippen MR) is 139 cm³/mol. The second-order valence-electron chi connectivity index (χ2n) is 10.4. The van der Waals surface area contributed by atoms with Crippen molar-refractivity contribution in [3.63, 3.8) is 0 Å². The van der Waals surface area contributed by atoms with Gasteiger partial charge in [0.25, 0.3) is 0 Å². The van der Waals surface area contributed by atoms with Gasteiger partial charge in [-0.25, -0.2) is 9.59 Å². The molecule has 0 bridgehead atoms. The van der Waals surface area contributed by atoms with Crippen molar-refractivity contribution in [2.45, 2.75) is 76.4 Å². The molecule has 3 heterocycles. The fourth-order valence-electron chi connectivity index (χ4n) is 5.74. The largest absolute Gasteiger partial charge is 0.497 e. The molecule has 0 N–H and O–H groups in total. The Morgan fingerprint density at radius 3 is 2.22 bits per heavy atom. The second-order valence-corrected chi connectivity index (χ2v) is 10.4. The fourth-order valence-corrected chi connectivity index (χ4v) is 5.74. The highest BCUT2D eigenvalue weighted by Crippen LogP contribution is 2.41. The molecule has 3 aliphatic rings. The average Bonchev–Trinajstić information content (AvgIpc) is 3.37. The lowest BCUT2D eigenvalue weighted by Crippen LogP contribution is -2.46. The number of methoxy groups -OCH3 is 2. The van der Waals surface area contributed by atoms with E-state index >= 15 is 0 Å². The van der Waals surface area contributed by atoms with Gasteiger partial charge >= 0.3 is 12.0 Å². The van der Waals surface area contributed by atoms with Crippen LogP contribution in [0.3, 0.4) is 0 Å². The van der Waals surface area contributed by atoms with Crippen molar-refractivity contribution in [2.75, 3.05) is 47.4 Å². The van der Waals surface area contributed by atoms with Crippen LogP contribution in [0.1, 0.15) is 86.2 Å². The summed E-state index contributed by atoms with van der Waals surface area (Å²) in [4.78, 5) is 41.8. The number of unbranched alkanes of at least 4 members (excludes halogenated alkanes) is 6. The maximum Gasteiger partial charge on any atom is 0.342 e. The van der Waals surface area contributed by atoms with Crippen LogP contribution in [0.4, 0.5) is 4.79 Å². The van der Waals surface area contributed by atoms with Crippen molar-refractivity contribution in [2.24, 2.45) is 0 Å². The highest BCUT2D eigenvalue weighted by Gasteiger charge is 2.38. The van der Waals surface area contributed by atoms with Gasteiger partial charge in [0.15, 0.2) is 0 Å². The number of urea groups is 1. The maximum absolute atomic E-state index is 12.3. The predicted octanol–water partition coefficient (Wildman–Crippen LogP) is 4.39. The van der Waals surface area contributed by atoms with Crippen molar-refractivity contribution in [3.05, 3.63) is 23.3 Å². The van der Waals surface area contributed by atoms with Gasteiger partial charge in [0.05, 0.1) is 14.2 Å². The number of nitrogens with zero attached hydrogens (tertiary/aromatic N) is 3. The van der Waals surface area contributed by atoms with Crippen molar-refractivity contribution in [1.82, 2.24) is 14.7 Å². The number of imide groups is 1. The summed E-state index contributed by atoms with van der Waals surface area (Å²) in [5.74, 6) is 0.781. The quantitative estimate of drug-likeness (QED) is 0.219. The monoisotopic (exact) mass is 515 g/mol. The Labute approximate surface area is 220 Å². The number of hydrogen-bond donors (Lipinski definition) is 0. The fraction of sp³-hybridized carbons (Fsp3) is 0.679. The Hall–Kier alpha value is -2.81. The van der Waals surface area contributed by atoms with Crippen molar-refractivity contribution in [1.29, 1.82) is 0 Å². The number of piperidine rings is 1. The third-order valence-electron chi connectivity index (χ3n) is 8.01. The molecule has 0 radical (unpaired) electrons. The van der Waals surface area contributed by atoms with Gasteiger partial charge in [0.2, 0.25) is 5.91 Å². The normalized spacial score (nSPS) is 20.5. The Bertz CT molecular complexity index is 975. The summed E-state index contributed by atoms with van der Waals surface area (Å²) >= 11 is 0. The lowest BCUT2D eigenvalue weighted by Gasteiger charge is -2.36. The molecule has 0 aliphatic carbocycles. The van der Waals surface area contributed by atoms with E-state index < -0.39 is 0 Å². The number of benzene rings is 1. The van der Waals surface area contributed by atoms with E-state index in [1.807, 2.05) is 6.07 Å². The third kappa shape index (κ3) is 6.37. The topological polar surface area (TPSA) is 88.6 Å². The minimum absolute atomic E-state index is 0.0962. The van der Waals surface area contributed by atoms with Gasteiger partial charge in [-0.1, -0.05) is 32.1 Å². The number of amides is 3. The first-order valence-electron chi connectivity index (χ1n) is 13.7. The highest BCUT2D eigenvalue weighted by molar-refractivity contribution is 6.01. The maximum atomic E-state index is 12.3. The Kier molecular flexibility index (Phi) is 9.29. The van der Waals surface area contributed by atoms with Crippen molar-refractivity contribution in [3.8, 4) is 11.5 Å². The summed E-state index contributed by atoms with van der Waals surface area (Å²) in [6.45, 7) is 3.35. The van der Waals surface area contributed by atoms with Gasteiger partial charge in [-0.15, -0.1) is 0 Å². The van der Waals surface area contributed by atoms with E-state index in [4.69, 9.17) is 14.2 Å². The summed E-state index contributed by atoms with van der Waals surface area (Å²) < 4.78 is 16.4. The zero-order chi connectivity index (χ0) is 26.4. The summed E-state index contributed by atoms with van der Waals surface area (Å²) in [7, 11) is 4.73. The van der Waals surface area contributed by atoms with Crippen LogP contribution in [-0.4, -0.2) is 86.1 Å². The molecule has 1 aromatic carbocycles. The first kappa shape index (κ1) is 27.2. The van der Waals surface area contributed by atoms with Gasteiger partial charge in [-0.05, 0) is 44.7 Å². The summed E-state index contributed by atoms with van der Waals surface area (Å²) in [5, 5.41) is 0. The number of fused-ring (bicyclic) bond motifs is 1. The van der Waals surface area contributed by atoms with E-state index in [2.05, 4.69) is 4.90 Å². The third-order valence-corrected chi connectivity index (χ3v) is 8.01. The average molecular weight is 516 g/mol. The number of carbonyl (C=O) groups excluding carboxylic acids is 3. The number of carbonyl (C=O) groups is 3. The van der Waals surface area contributed by atoms with E-state index in [9.17, 15) is 14.4 Å². The molecule has 4 rings (SSSR count). The van der Waals surface area contributed by atoms with Crippen LogP contribution in [0.5, 0.6) is 11.5 Å². The molecule has 0 unspecified atom stereocenters. The molecule has 0 aromatic heterocycles. The van der Waals surface area contributed by atoms with E-state index in [0.717, 1.165) is 57.3 Å². The molecule has 3 amide bonds. The second kappa shape index (κ2) is 12.6. The Balaban J connectivity index is 1.05. The SMILES string of the molecule is COc1cc(OC)c2c(c1)[C@@H](CCCCCCCCCN1CCC(N3CC(=O)N(C)C3=O)CC1)OC2=O. The highest BCUT2D eigenvalue weighted by atomic mass is 16.6. The number of likely N-dealkylation sites (tertiary alicyclic amines) is 1. The smallest absolute Gasteiger partial charge is 0.342 e. The van der Waals surface area contributed by atoms with Crippen LogP contribution in [0.25, 0.3) is 0 Å².